The van der Waals surface area contributed by atoms with Crippen LogP contribution in [0.4, 0.5) is 0 Å². The van der Waals surface area contributed by atoms with Gasteiger partial charge in [0.1, 0.15) is 12.4 Å². The maximum Gasteiger partial charge on any atom is 0.258 e. The summed E-state index contributed by atoms with van der Waals surface area (Å²) in [4.78, 5) is 25.8. The van der Waals surface area contributed by atoms with E-state index in [-0.39, 0.29) is 11.7 Å². The molecule has 0 bridgehead atoms. The van der Waals surface area contributed by atoms with Gasteiger partial charge in [-0.2, -0.15) is 0 Å². The first-order chi connectivity index (χ1) is 11.0. The summed E-state index contributed by atoms with van der Waals surface area (Å²) in [5, 5.41) is 11.7. The van der Waals surface area contributed by atoms with Crippen LogP contribution in [0.3, 0.4) is 0 Å². The van der Waals surface area contributed by atoms with Crippen LogP contribution in [0.1, 0.15) is 28.8 Å². The topological polar surface area (TPSA) is 78.9 Å². The molecule has 3 rings (SSSR count). The molecule has 1 fully saturated rings. The molecule has 6 heteroatoms. The number of ether oxygens (including phenoxy) is 1. The number of aliphatic hydroxyl groups excluding tert-OH is 1. The maximum absolute atomic E-state index is 12.5. The molecule has 2 aliphatic rings. The van der Waals surface area contributed by atoms with Gasteiger partial charge in [0.2, 0.25) is 0 Å². The van der Waals surface area contributed by atoms with E-state index in [4.69, 9.17) is 9.84 Å². The van der Waals surface area contributed by atoms with Gasteiger partial charge in [-0.3, -0.25) is 9.59 Å². The molecule has 0 radical (unpaired) electrons. The normalized spacial score (nSPS) is 20.2. The van der Waals surface area contributed by atoms with E-state index in [1.807, 2.05) is 0 Å². The van der Waals surface area contributed by atoms with E-state index in [1.54, 1.807) is 24.3 Å². The predicted octanol–water partition coefficient (Wildman–Crippen LogP) is 0.805. The average molecular weight is 316 g/mol. The number of amides is 1. The minimum Gasteiger partial charge on any atom is -0.467 e. The van der Waals surface area contributed by atoms with Crippen LogP contribution in [0.5, 0.6) is 5.75 Å². The van der Waals surface area contributed by atoms with Crippen LogP contribution in [-0.4, -0.2) is 54.2 Å². The minimum atomic E-state index is -0.610. The summed E-state index contributed by atoms with van der Waals surface area (Å²) in [5.74, 6) is 0.0391. The van der Waals surface area contributed by atoms with E-state index in [2.05, 4.69) is 17.3 Å². The molecule has 23 heavy (non-hydrogen) atoms. The fourth-order valence-electron chi connectivity index (χ4n) is 2.88. The van der Waals surface area contributed by atoms with E-state index >= 15 is 0 Å². The van der Waals surface area contributed by atoms with Crippen molar-refractivity contribution in [1.82, 2.24) is 10.2 Å². The summed E-state index contributed by atoms with van der Waals surface area (Å²) in [5.41, 5.74) is 0.567. The first kappa shape index (κ1) is 15.7. The van der Waals surface area contributed by atoms with E-state index in [0.29, 0.717) is 16.9 Å². The number of aliphatic hydroxyl groups is 1. The maximum atomic E-state index is 12.5. The predicted molar refractivity (Wildman–Crippen MR) is 85.1 cm³/mol. The molecule has 122 valence electrons. The first-order valence-corrected chi connectivity index (χ1v) is 7.67. The summed E-state index contributed by atoms with van der Waals surface area (Å²) in [6.45, 7) is 1.22. The highest BCUT2D eigenvalue weighted by Crippen LogP contribution is 2.33. The lowest BCUT2D eigenvalue weighted by Gasteiger charge is -2.43. The Morgan fingerprint density at radius 3 is 2.87 bits per heavy atom. The standard InChI is InChI=1S/C17H20N2O4/c1-19-8-6-17(7-9-19)18-16(22)14-10-12(2-4-13(21)11-20)3-5-15(14)23-17/h2-5,10,20H,6-9,11H2,1H3,(H,18,22)/b4-2+. The largest absolute Gasteiger partial charge is 0.467 e. The number of likely N-dealkylation sites (tertiary alicyclic amines) is 1. The van der Waals surface area contributed by atoms with Crippen LogP contribution in [0.2, 0.25) is 0 Å². The Morgan fingerprint density at radius 1 is 1.43 bits per heavy atom. The molecule has 1 amide bonds. The van der Waals surface area contributed by atoms with Crippen molar-refractivity contribution in [3.05, 3.63) is 35.4 Å². The van der Waals surface area contributed by atoms with Crippen LogP contribution in [0, 0.1) is 0 Å². The number of piperidine rings is 1. The van der Waals surface area contributed by atoms with Gasteiger partial charge in [0.15, 0.2) is 11.5 Å². The number of rotatable bonds is 3. The van der Waals surface area contributed by atoms with Gasteiger partial charge in [-0.15, -0.1) is 0 Å². The Balaban J connectivity index is 1.82. The molecule has 6 nitrogen and oxygen atoms in total. The summed E-state index contributed by atoms with van der Waals surface area (Å²) in [6, 6.07) is 5.24. The molecule has 0 saturated carbocycles. The number of hydrogen-bond acceptors (Lipinski definition) is 5. The second kappa shape index (κ2) is 6.14. The van der Waals surface area contributed by atoms with Crippen molar-refractivity contribution in [2.75, 3.05) is 26.7 Å². The van der Waals surface area contributed by atoms with Crippen molar-refractivity contribution < 1.29 is 19.4 Å². The lowest BCUT2D eigenvalue weighted by Crippen LogP contribution is -2.60. The molecule has 1 aromatic carbocycles. The second-order valence-electron chi connectivity index (χ2n) is 6.07. The molecule has 0 aliphatic carbocycles. The molecule has 0 aromatic heterocycles. The molecule has 1 spiro atoms. The summed E-state index contributed by atoms with van der Waals surface area (Å²) in [6.07, 6.45) is 4.37. The Kier molecular flexibility index (Phi) is 4.19. The van der Waals surface area contributed by atoms with Crippen molar-refractivity contribution in [3.8, 4) is 5.75 Å². The number of carbonyl (C=O) groups is 2. The Morgan fingerprint density at radius 2 is 2.17 bits per heavy atom. The van der Waals surface area contributed by atoms with Gasteiger partial charge in [0.25, 0.3) is 5.91 Å². The number of nitrogens with one attached hydrogen (secondary N) is 1. The third kappa shape index (κ3) is 3.28. The van der Waals surface area contributed by atoms with Gasteiger partial charge in [-0.1, -0.05) is 12.1 Å². The molecular weight excluding hydrogens is 296 g/mol. The van der Waals surface area contributed by atoms with Crippen molar-refractivity contribution in [1.29, 1.82) is 0 Å². The lowest BCUT2D eigenvalue weighted by atomic mass is 9.96. The lowest BCUT2D eigenvalue weighted by molar-refractivity contribution is -0.117. The molecule has 0 atom stereocenters. The highest BCUT2D eigenvalue weighted by Gasteiger charge is 2.41. The fourth-order valence-corrected chi connectivity index (χ4v) is 2.88. The van der Waals surface area contributed by atoms with Crippen molar-refractivity contribution in [2.24, 2.45) is 0 Å². The van der Waals surface area contributed by atoms with Crippen LogP contribution in [-0.2, 0) is 4.79 Å². The van der Waals surface area contributed by atoms with E-state index in [0.717, 1.165) is 25.9 Å². The molecule has 0 unspecified atom stereocenters. The van der Waals surface area contributed by atoms with E-state index < -0.39 is 12.3 Å². The van der Waals surface area contributed by atoms with Gasteiger partial charge < -0.3 is 20.1 Å². The zero-order valence-electron chi connectivity index (χ0n) is 13.0. The SMILES string of the molecule is CN1CCC2(CC1)NC(=O)c1cc(/C=C/C(=O)CO)ccc1O2. The number of nitrogens with zero attached hydrogens (tertiary/aromatic N) is 1. The fraction of sp³-hybridized carbons (Fsp3) is 0.412. The van der Waals surface area contributed by atoms with Gasteiger partial charge in [-0.05, 0) is 30.8 Å². The smallest absolute Gasteiger partial charge is 0.258 e. The van der Waals surface area contributed by atoms with Gasteiger partial charge >= 0.3 is 0 Å². The van der Waals surface area contributed by atoms with Gasteiger partial charge in [0, 0.05) is 25.9 Å². The number of ketones is 1. The molecular formula is C17H20N2O4. The van der Waals surface area contributed by atoms with Crippen LogP contribution < -0.4 is 10.1 Å². The Bertz CT molecular complexity index is 661. The van der Waals surface area contributed by atoms with Gasteiger partial charge in [-0.25, -0.2) is 0 Å². The van der Waals surface area contributed by atoms with Crippen LogP contribution in [0.15, 0.2) is 24.3 Å². The molecule has 1 aromatic rings. The molecule has 2 heterocycles. The first-order valence-electron chi connectivity index (χ1n) is 7.67. The zero-order chi connectivity index (χ0) is 16.4. The number of benzene rings is 1. The third-order valence-corrected chi connectivity index (χ3v) is 4.31. The molecule has 1 saturated heterocycles. The second-order valence-corrected chi connectivity index (χ2v) is 6.07. The summed E-state index contributed by atoms with van der Waals surface area (Å²) >= 11 is 0. The van der Waals surface area contributed by atoms with Crippen molar-refractivity contribution >= 4 is 17.8 Å². The van der Waals surface area contributed by atoms with E-state index in [1.165, 1.54) is 6.08 Å². The van der Waals surface area contributed by atoms with Crippen molar-refractivity contribution in [3.63, 3.8) is 0 Å². The molecule has 2 aliphatic heterocycles. The minimum absolute atomic E-state index is 0.153. The van der Waals surface area contributed by atoms with Crippen molar-refractivity contribution in [2.45, 2.75) is 18.6 Å². The van der Waals surface area contributed by atoms with E-state index in [9.17, 15) is 9.59 Å². The number of hydrogen-bond donors (Lipinski definition) is 2. The quantitative estimate of drug-likeness (QED) is 0.807. The van der Waals surface area contributed by atoms with Crippen LogP contribution >= 0.6 is 0 Å². The highest BCUT2D eigenvalue weighted by atomic mass is 16.5. The number of fused-ring (bicyclic) bond motifs is 1. The van der Waals surface area contributed by atoms with Crippen LogP contribution in [0.25, 0.3) is 6.08 Å². The Labute approximate surface area is 134 Å². The third-order valence-electron chi connectivity index (χ3n) is 4.31. The van der Waals surface area contributed by atoms with Gasteiger partial charge in [0.05, 0.1) is 5.56 Å². The Hall–Kier alpha value is -2.18. The summed E-state index contributed by atoms with van der Waals surface area (Å²) in [7, 11) is 2.05. The number of carbonyl (C=O) groups excluding carboxylic acids is 2. The summed E-state index contributed by atoms with van der Waals surface area (Å²) < 4.78 is 6.09. The molecule has 2 N–H and O–H groups in total. The average Bonchev–Trinajstić information content (AvgIpc) is 2.56. The highest BCUT2D eigenvalue weighted by molar-refractivity contribution is 5.99. The zero-order valence-corrected chi connectivity index (χ0v) is 13.0. The monoisotopic (exact) mass is 316 g/mol.